The molecule has 51 heavy (non-hydrogen) atoms. The van der Waals surface area contributed by atoms with Gasteiger partial charge in [-0.3, -0.25) is 4.79 Å². The van der Waals surface area contributed by atoms with E-state index >= 15 is 0 Å². The Balaban J connectivity index is 0.000000205. The number of ether oxygens (including phenoxy) is 2. The van der Waals surface area contributed by atoms with Crippen LogP contribution in [0, 0.1) is 6.92 Å². The lowest BCUT2D eigenvalue weighted by atomic mass is 9.79. The number of nitrogens with zero attached hydrogens (tertiary/aromatic N) is 4. The molecule has 0 aliphatic heterocycles. The second-order valence-corrected chi connectivity index (χ2v) is 14.8. The van der Waals surface area contributed by atoms with Crippen LogP contribution in [0.1, 0.15) is 73.2 Å². The third-order valence-corrected chi connectivity index (χ3v) is 11.7. The number of sulfonamides is 1. The van der Waals surface area contributed by atoms with Crippen LogP contribution in [0.15, 0.2) is 82.9 Å². The molecule has 2 atom stereocenters. The Bertz CT molecular complexity index is 1940. The Morgan fingerprint density at radius 1 is 0.941 bits per heavy atom. The quantitative estimate of drug-likeness (QED) is 0.184. The van der Waals surface area contributed by atoms with Crippen molar-refractivity contribution in [1.29, 1.82) is 0 Å². The topological polar surface area (TPSA) is 118 Å². The van der Waals surface area contributed by atoms with Gasteiger partial charge in [-0.15, -0.1) is 0 Å². The molecule has 0 amide bonds. The van der Waals surface area contributed by atoms with Crippen molar-refractivity contribution in [2.45, 2.75) is 87.5 Å². The summed E-state index contributed by atoms with van der Waals surface area (Å²) >= 11 is 0. The number of hydrogen-bond acceptors (Lipinski definition) is 8. The summed E-state index contributed by atoms with van der Waals surface area (Å²) in [5.74, 6) is 1.50. The molecule has 0 radical (unpaired) electrons. The summed E-state index contributed by atoms with van der Waals surface area (Å²) in [6.45, 7) is 1.48. The third-order valence-electron chi connectivity index (χ3n) is 9.82. The first-order chi connectivity index (χ1) is 24.3. The predicted octanol–water partition coefficient (Wildman–Crippen LogP) is 7.10. The average Bonchev–Trinajstić information content (AvgIpc) is 3.10. The Hall–Kier alpha value is -4.43. The van der Waals surface area contributed by atoms with Crippen LogP contribution in [-0.4, -0.2) is 61.6 Å². The van der Waals surface area contributed by atoms with Crippen LogP contribution >= 0.6 is 0 Å². The molecular formula is C37H44F3N5O5S. The lowest BCUT2D eigenvalue weighted by Gasteiger charge is -2.43. The fraction of sp³-hybridized carbons (Fsp3) is 0.432. The second kappa shape index (κ2) is 16.3. The van der Waals surface area contributed by atoms with Gasteiger partial charge in [-0.05, 0) is 81.8 Å². The fourth-order valence-corrected chi connectivity index (χ4v) is 8.30. The highest BCUT2D eigenvalue weighted by molar-refractivity contribution is 7.92. The van der Waals surface area contributed by atoms with Gasteiger partial charge in [0, 0.05) is 47.7 Å². The Morgan fingerprint density at radius 2 is 1.69 bits per heavy atom. The molecule has 0 bridgehead atoms. The number of anilines is 1. The van der Waals surface area contributed by atoms with E-state index in [1.807, 2.05) is 6.07 Å². The normalized spacial score (nSPS) is 18.0. The molecule has 14 heteroatoms. The van der Waals surface area contributed by atoms with E-state index in [0.717, 1.165) is 29.1 Å². The minimum atomic E-state index is -4.24. The molecule has 0 unspecified atom stereocenters. The smallest absolute Gasteiger partial charge is 0.416 e. The molecule has 4 aromatic rings. The van der Waals surface area contributed by atoms with E-state index in [9.17, 15) is 26.4 Å². The summed E-state index contributed by atoms with van der Waals surface area (Å²) in [6, 6.07) is 16.2. The minimum absolute atomic E-state index is 0.0248. The van der Waals surface area contributed by atoms with Gasteiger partial charge in [-0.2, -0.15) is 13.2 Å². The first-order valence-corrected chi connectivity index (χ1v) is 18.3. The molecule has 2 aromatic heterocycles. The largest absolute Gasteiger partial charge is 0.497 e. The van der Waals surface area contributed by atoms with Crippen LogP contribution in [-0.2, 0) is 22.7 Å². The molecule has 2 aliphatic carbocycles. The maximum Gasteiger partial charge on any atom is 0.416 e. The summed E-state index contributed by atoms with van der Waals surface area (Å²) in [7, 11) is 1.17. The average molecular weight is 728 g/mol. The van der Waals surface area contributed by atoms with Gasteiger partial charge in [0.1, 0.15) is 28.5 Å². The van der Waals surface area contributed by atoms with E-state index in [2.05, 4.69) is 26.9 Å². The van der Waals surface area contributed by atoms with Crippen LogP contribution in [0.5, 0.6) is 11.5 Å². The van der Waals surface area contributed by atoms with Gasteiger partial charge in [-0.25, -0.2) is 22.7 Å². The highest BCUT2D eigenvalue weighted by atomic mass is 32.2. The molecule has 6 rings (SSSR count). The summed E-state index contributed by atoms with van der Waals surface area (Å²) in [6.07, 6.45) is 6.66. The van der Waals surface area contributed by atoms with Crippen molar-refractivity contribution >= 4 is 15.8 Å². The maximum atomic E-state index is 13.5. The number of hydrogen-bond donors (Lipinski definition) is 1. The fourth-order valence-electron chi connectivity index (χ4n) is 6.72. The van der Waals surface area contributed by atoms with Gasteiger partial charge in [0.15, 0.2) is 0 Å². The number of alkyl halides is 3. The molecule has 0 saturated heterocycles. The van der Waals surface area contributed by atoms with Crippen LogP contribution in [0.4, 0.5) is 19.0 Å². The number of aryl methyl sites for hydroxylation is 1. The molecular weight excluding hydrogens is 683 g/mol. The molecule has 10 nitrogen and oxygen atoms in total. The highest BCUT2D eigenvalue weighted by Crippen LogP contribution is 2.39. The zero-order valence-electron chi connectivity index (χ0n) is 29.2. The number of H-pyrrole nitrogens is 1. The van der Waals surface area contributed by atoms with Crippen LogP contribution < -0.4 is 19.3 Å². The van der Waals surface area contributed by atoms with Gasteiger partial charge in [0.2, 0.25) is 5.56 Å². The van der Waals surface area contributed by atoms with Crippen molar-refractivity contribution in [3.8, 4) is 11.5 Å². The number of pyridine rings is 1. The van der Waals surface area contributed by atoms with Crippen LogP contribution in [0.2, 0.25) is 0 Å². The van der Waals surface area contributed by atoms with Crippen molar-refractivity contribution in [3.63, 3.8) is 0 Å². The summed E-state index contributed by atoms with van der Waals surface area (Å²) < 4.78 is 77.4. The van der Waals surface area contributed by atoms with Crippen LogP contribution in [0.25, 0.3) is 0 Å². The van der Waals surface area contributed by atoms with Gasteiger partial charge in [0.05, 0.1) is 26.3 Å². The number of halogens is 3. The zero-order valence-corrected chi connectivity index (χ0v) is 30.0. The third kappa shape index (κ3) is 9.09. The molecule has 274 valence electrons. The van der Waals surface area contributed by atoms with Gasteiger partial charge in [0.25, 0.3) is 10.0 Å². The van der Waals surface area contributed by atoms with Crippen molar-refractivity contribution in [1.82, 2.24) is 19.9 Å². The summed E-state index contributed by atoms with van der Waals surface area (Å²) in [5, 5.41) is 0. The lowest BCUT2D eigenvalue weighted by Crippen LogP contribution is -2.45. The molecule has 2 fully saturated rings. The van der Waals surface area contributed by atoms with E-state index in [-0.39, 0.29) is 34.4 Å². The van der Waals surface area contributed by atoms with Crippen molar-refractivity contribution in [2.24, 2.45) is 0 Å². The molecule has 1 N–H and O–H groups in total. The van der Waals surface area contributed by atoms with Gasteiger partial charge < -0.3 is 19.4 Å². The molecule has 2 heterocycles. The number of benzene rings is 2. The van der Waals surface area contributed by atoms with Crippen molar-refractivity contribution < 1.29 is 31.1 Å². The predicted molar refractivity (Wildman–Crippen MR) is 189 cm³/mol. The summed E-state index contributed by atoms with van der Waals surface area (Å²) in [5.41, 5.74) is 0.809. The molecule has 2 aromatic carbocycles. The Labute approximate surface area is 296 Å². The first-order valence-electron chi connectivity index (χ1n) is 16.9. The molecule has 2 aliphatic rings. The lowest BCUT2D eigenvalue weighted by molar-refractivity contribution is -0.137. The van der Waals surface area contributed by atoms with E-state index in [0.29, 0.717) is 29.1 Å². The van der Waals surface area contributed by atoms with Crippen molar-refractivity contribution in [2.75, 3.05) is 25.6 Å². The minimum Gasteiger partial charge on any atom is -0.497 e. The monoisotopic (exact) mass is 727 g/mol. The standard InChI is InChI=1S/C19H20N4O5S.C18H24F3N/c1-13-17(6-7-19(24)22-13)29(25,26)23(18-8-9-20-12-21-18)11-14-4-5-15(27-2)10-16(14)28-3;1-22(16-8-4-9-16)17-10-3-6-14(12-17)13-5-2-7-15(11-13)18(19,20)21/h4-10,12H,11H2,1-3H3,(H,22,24);2,5,7,11,14,16-17H,3-4,6,8-10,12H2,1H3/t;14-,17+/m.0/s1. The maximum absolute atomic E-state index is 13.5. The number of aromatic amines is 1. The second-order valence-electron chi connectivity index (χ2n) is 13.0. The number of aromatic nitrogens is 3. The van der Waals surface area contributed by atoms with Crippen LogP contribution in [0.3, 0.4) is 0 Å². The Morgan fingerprint density at radius 3 is 2.31 bits per heavy atom. The SMILES string of the molecule is CN(C1CCC1)[C@@H]1CCC[C@H](c2cccc(C(F)(F)F)c2)C1.COc1ccc(CN(c2ccncn2)S(=O)(=O)c2ccc(=O)[nH]c2C)c(OC)c1. The van der Waals surface area contributed by atoms with Gasteiger partial charge in [-0.1, -0.05) is 31.0 Å². The van der Waals surface area contributed by atoms with E-state index in [1.54, 1.807) is 24.3 Å². The number of nitrogens with one attached hydrogen (secondary N) is 1. The number of rotatable bonds is 10. The van der Waals surface area contributed by atoms with Gasteiger partial charge >= 0.3 is 6.18 Å². The molecule has 0 spiro atoms. The van der Waals surface area contributed by atoms with E-state index in [4.69, 9.17) is 9.47 Å². The van der Waals surface area contributed by atoms with E-state index in [1.165, 1.54) is 89.7 Å². The first kappa shape index (κ1) is 37.8. The molecule has 2 saturated carbocycles. The summed E-state index contributed by atoms with van der Waals surface area (Å²) in [4.78, 5) is 24.5. The van der Waals surface area contributed by atoms with Crippen molar-refractivity contribution in [3.05, 3.63) is 106 Å². The Kier molecular flexibility index (Phi) is 12.1. The van der Waals surface area contributed by atoms with E-state index < -0.39 is 21.8 Å². The highest BCUT2D eigenvalue weighted by Gasteiger charge is 2.34. The number of methoxy groups -OCH3 is 2. The zero-order chi connectivity index (χ0) is 36.8.